The van der Waals surface area contributed by atoms with Gasteiger partial charge in [0.2, 0.25) is 10.0 Å². The average Bonchev–Trinajstić information content (AvgIpc) is 2.01. The largest absolute Gasteiger partial charge is 0.273 e. The minimum absolute atomic E-state index is 0.734. The van der Waals surface area contributed by atoms with E-state index in [2.05, 4.69) is 0 Å². The molecule has 0 heterocycles. The van der Waals surface area contributed by atoms with E-state index in [1.165, 1.54) is 10.6 Å². The lowest BCUT2D eigenvalue weighted by Gasteiger charge is -2.19. The van der Waals surface area contributed by atoms with Crippen LogP contribution in [0.15, 0.2) is 18.2 Å². The molecule has 0 aromatic heterocycles. The highest BCUT2D eigenvalue weighted by Crippen LogP contribution is 2.21. The molecule has 0 radical (unpaired) electrons. The SMILES string of the molecule is Cc1ccc(N(C)S(C)(=O)=O)c(C)c1. The van der Waals surface area contributed by atoms with Crippen molar-refractivity contribution < 1.29 is 8.42 Å². The number of rotatable bonds is 2. The first-order valence-electron chi connectivity index (χ1n) is 4.33. The maximum Gasteiger partial charge on any atom is 0.232 e. The number of benzene rings is 1. The van der Waals surface area contributed by atoms with Crippen LogP contribution >= 0.6 is 0 Å². The average molecular weight is 213 g/mol. The quantitative estimate of drug-likeness (QED) is 0.750. The summed E-state index contributed by atoms with van der Waals surface area (Å²) in [4.78, 5) is 0. The van der Waals surface area contributed by atoms with Gasteiger partial charge in [0.05, 0.1) is 11.9 Å². The van der Waals surface area contributed by atoms with Crippen LogP contribution in [-0.2, 0) is 10.0 Å². The molecule has 0 fully saturated rings. The fourth-order valence-corrected chi connectivity index (χ4v) is 1.90. The third kappa shape index (κ3) is 2.26. The number of aryl methyl sites for hydroxylation is 2. The molecule has 3 nitrogen and oxygen atoms in total. The third-order valence-corrected chi connectivity index (χ3v) is 3.38. The standard InChI is InChI=1S/C10H15NO2S/c1-8-5-6-10(9(2)7-8)11(3)14(4,12)13/h5-7H,1-4H3. The maximum absolute atomic E-state index is 11.3. The van der Waals surface area contributed by atoms with Crippen LogP contribution in [0.3, 0.4) is 0 Å². The minimum Gasteiger partial charge on any atom is -0.273 e. The van der Waals surface area contributed by atoms with E-state index in [4.69, 9.17) is 0 Å². The zero-order valence-corrected chi connectivity index (χ0v) is 9.72. The van der Waals surface area contributed by atoms with Crippen LogP contribution < -0.4 is 4.31 Å². The highest BCUT2D eigenvalue weighted by molar-refractivity contribution is 7.92. The molecular weight excluding hydrogens is 198 g/mol. The highest BCUT2D eigenvalue weighted by Gasteiger charge is 2.13. The predicted molar refractivity (Wildman–Crippen MR) is 59.2 cm³/mol. The van der Waals surface area contributed by atoms with Gasteiger partial charge in [-0.1, -0.05) is 17.7 Å². The number of anilines is 1. The van der Waals surface area contributed by atoms with Crippen molar-refractivity contribution in [2.75, 3.05) is 17.6 Å². The second-order valence-corrected chi connectivity index (χ2v) is 5.53. The van der Waals surface area contributed by atoms with E-state index in [0.717, 1.165) is 16.8 Å². The first kappa shape index (κ1) is 11.0. The maximum atomic E-state index is 11.3. The number of nitrogens with zero attached hydrogens (tertiary/aromatic N) is 1. The van der Waals surface area contributed by atoms with Gasteiger partial charge in [0.1, 0.15) is 0 Å². The van der Waals surface area contributed by atoms with Gasteiger partial charge in [0.25, 0.3) is 0 Å². The van der Waals surface area contributed by atoms with Crippen molar-refractivity contribution in [3.8, 4) is 0 Å². The molecule has 0 aliphatic heterocycles. The van der Waals surface area contributed by atoms with Crippen molar-refractivity contribution in [3.63, 3.8) is 0 Å². The van der Waals surface area contributed by atoms with Gasteiger partial charge in [-0.3, -0.25) is 4.31 Å². The van der Waals surface area contributed by atoms with Gasteiger partial charge >= 0.3 is 0 Å². The summed E-state index contributed by atoms with van der Waals surface area (Å²) >= 11 is 0. The first-order valence-corrected chi connectivity index (χ1v) is 6.18. The van der Waals surface area contributed by atoms with Gasteiger partial charge in [-0.25, -0.2) is 8.42 Å². The molecule has 0 amide bonds. The van der Waals surface area contributed by atoms with Gasteiger partial charge in [-0.15, -0.1) is 0 Å². The zero-order valence-electron chi connectivity index (χ0n) is 8.90. The van der Waals surface area contributed by atoms with Crippen LogP contribution in [0.25, 0.3) is 0 Å². The van der Waals surface area contributed by atoms with Crippen LogP contribution in [0.4, 0.5) is 5.69 Å². The molecule has 78 valence electrons. The lowest BCUT2D eigenvalue weighted by molar-refractivity contribution is 0.600. The second-order valence-electron chi connectivity index (χ2n) is 3.52. The van der Waals surface area contributed by atoms with Gasteiger partial charge in [-0.05, 0) is 25.5 Å². The van der Waals surface area contributed by atoms with E-state index in [-0.39, 0.29) is 0 Å². The predicted octanol–water partition coefficient (Wildman–Crippen LogP) is 1.70. The summed E-state index contributed by atoms with van der Waals surface area (Å²) in [5.41, 5.74) is 2.84. The Morgan fingerprint density at radius 3 is 2.21 bits per heavy atom. The van der Waals surface area contributed by atoms with Crippen molar-refractivity contribution in [1.82, 2.24) is 0 Å². The normalized spacial score (nSPS) is 11.4. The Balaban J connectivity index is 3.21. The fourth-order valence-electron chi connectivity index (χ4n) is 1.34. The Bertz CT molecular complexity index is 437. The van der Waals surface area contributed by atoms with E-state index in [9.17, 15) is 8.42 Å². The summed E-state index contributed by atoms with van der Waals surface area (Å²) in [6, 6.07) is 5.70. The van der Waals surface area contributed by atoms with E-state index in [1.807, 2.05) is 32.0 Å². The highest BCUT2D eigenvalue weighted by atomic mass is 32.2. The number of hydrogen-bond acceptors (Lipinski definition) is 2. The summed E-state index contributed by atoms with van der Waals surface area (Å²) in [5, 5.41) is 0. The molecule has 0 spiro atoms. The summed E-state index contributed by atoms with van der Waals surface area (Å²) in [6.45, 7) is 3.89. The number of hydrogen-bond donors (Lipinski definition) is 0. The lowest BCUT2D eigenvalue weighted by Crippen LogP contribution is -2.25. The van der Waals surface area contributed by atoms with E-state index >= 15 is 0 Å². The van der Waals surface area contributed by atoms with Gasteiger partial charge in [-0.2, -0.15) is 0 Å². The monoisotopic (exact) mass is 213 g/mol. The Morgan fingerprint density at radius 1 is 1.21 bits per heavy atom. The molecule has 1 rings (SSSR count). The molecule has 14 heavy (non-hydrogen) atoms. The van der Waals surface area contributed by atoms with Crippen molar-refractivity contribution in [1.29, 1.82) is 0 Å². The van der Waals surface area contributed by atoms with Crippen molar-refractivity contribution >= 4 is 15.7 Å². The Labute approximate surface area is 85.4 Å². The molecule has 4 heteroatoms. The molecule has 0 saturated carbocycles. The van der Waals surface area contributed by atoms with E-state index in [1.54, 1.807) is 7.05 Å². The summed E-state index contributed by atoms with van der Waals surface area (Å²) < 4.78 is 23.9. The van der Waals surface area contributed by atoms with Crippen LogP contribution in [0, 0.1) is 13.8 Å². The van der Waals surface area contributed by atoms with Crippen molar-refractivity contribution in [2.45, 2.75) is 13.8 Å². The minimum atomic E-state index is -3.16. The summed E-state index contributed by atoms with van der Waals surface area (Å²) in [6.07, 6.45) is 1.20. The van der Waals surface area contributed by atoms with E-state index < -0.39 is 10.0 Å². The number of sulfonamides is 1. The first-order chi connectivity index (χ1) is 6.32. The molecule has 0 aliphatic rings. The Kier molecular flexibility index (Phi) is 2.85. The summed E-state index contributed by atoms with van der Waals surface area (Å²) in [5.74, 6) is 0. The molecule has 0 unspecified atom stereocenters. The van der Waals surface area contributed by atoms with Crippen LogP contribution in [0.1, 0.15) is 11.1 Å². The van der Waals surface area contributed by atoms with Crippen molar-refractivity contribution in [2.24, 2.45) is 0 Å². The molecule has 0 bridgehead atoms. The molecule has 0 N–H and O–H groups in total. The second kappa shape index (κ2) is 3.61. The third-order valence-electron chi connectivity index (χ3n) is 2.19. The smallest absolute Gasteiger partial charge is 0.232 e. The molecule has 1 aromatic rings. The molecular formula is C10H15NO2S. The van der Waals surface area contributed by atoms with Crippen LogP contribution in [0.5, 0.6) is 0 Å². The molecule has 0 saturated heterocycles. The molecule has 1 aromatic carbocycles. The topological polar surface area (TPSA) is 37.4 Å². The van der Waals surface area contributed by atoms with Crippen molar-refractivity contribution in [3.05, 3.63) is 29.3 Å². The van der Waals surface area contributed by atoms with E-state index in [0.29, 0.717) is 0 Å². The molecule has 0 aliphatic carbocycles. The molecule has 0 atom stereocenters. The van der Waals surface area contributed by atoms with Gasteiger partial charge in [0, 0.05) is 7.05 Å². The van der Waals surface area contributed by atoms with Crippen LogP contribution in [-0.4, -0.2) is 21.7 Å². The zero-order chi connectivity index (χ0) is 10.9. The lowest BCUT2D eigenvalue weighted by atomic mass is 10.1. The summed E-state index contributed by atoms with van der Waals surface area (Å²) in [7, 11) is -1.60. The Morgan fingerprint density at radius 2 is 1.79 bits per heavy atom. The van der Waals surface area contributed by atoms with Gasteiger partial charge < -0.3 is 0 Å². The van der Waals surface area contributed by atoms with Crippen LogP contribution in [0.2, 0.25) is 0 Å². The van der Waals surface area contributed by atoms with Gasteiger partial charge in [0.15, 0.2) is 0 Å². The fraction of sp³-hybridized carbons (Fsp3) is 0.400. The Hall–Kier alpha value is -1.03.